The second-order valence-electron chi connectivity index (χ2n) is 3.99. The predicted octanol–water partition coefficient (Wildman–Crippen LogP) is 0.932. The Hall–Kier alpha value is -1.62. The molecule has 0 bridgehead atoms. The van der Waals surface area contributed by atoms with E-state index in [9.17, 15) is 15.3 Å². The Morgan fingerprint density at radius 1 is 0.941 bits per heavy atom. The van der Waals surface area contributed by atoms with E-state index in [0.29, 0.717) is 5.56 Å². The number of benzene rings is 2. The minimum Gasteiger partial charge on any atom is -0.508 e. The highest BCUT2D eigenvalue weighted by atomic mass is 16.4. The molecule has 2 atom stereocenters. The van der Waals surface area contributed by atoms with Gasteiger partial charge >= 0.3 is 0 Å². The van der Waals surface area contributed by atoms with Crippen molar-refractivity contribution in [3.05, 3.63) is 42.0 Å². The number of fused-ring (bicyclic) bond motifs is 1. The van der Waals surface area contributed by atoms with E-state index < -0.39 is 18.8 Å². The van der Waals surface area contributed by atoms with Gasteiger partial charge in [-0.15, -0.1) is 0 Å². The van der Waals surface area contributed by atoms with Crippen molar-refractivity contribution >= 4 is 10.8 Å². The largest absolute Gasteiger partial charge is 0.508 e. The second-order valence-corrected chi connectivity index (χ2v) is 3.99. The summed E-state index contributed by atoms with van der Waals surface area (Å²) in [4.78, 5) is 0. The first-order valence-electron chi connectivity index (χ1n) is 5.31. The summed E-state index contributed by atoms with van der Waals surface area (Å²) in [5.74, 6) is 0.145. The lowest BCUT2D eigenvalue weighted by Crippen LogP contribution is -2.21. The lowest BCUT2D eigenvalue weighted by molar-refractivity contribution is -0.0152. The van der Waals surface area contributed by atoms with Gasteiger partial charge in [0.2, 0.25) is 0 Å². The minimum atomic E-state index is -1.20. The van der Waals surface area contributed by atoms with Crippen molar-refractivity contribution in [2.45, 2.75) is 12.2 Å². The van der Waals surface area contributed by atoms with Crippen LogP contribution in [-0.2, 0) is 0 Å². The lowest BCUT2D eigenvalue weighted by Gasteiger charge is -2.16. The van der Waals surface area contributed by atoms with E-state index in [4.69, 9.17) is 5.11 Å². The quantitative estimate of drug-likeness (QED) is 0.637. The van der Waals surface area contributed by atoms with Crippen molar-refractivity contribution in [1.82, 2.24) is 0 Å². The van der Waals surface area contributed by atoms with Gasteiger partial charge in [-0.05, 0) is 34.5 Å². The maximum Gasteiger partial charge on any atom is 0.116 e. The molecule has 0 aliphatic heterocycles. The molecule has 0 spiro atoms. The molecule has 2 rings (SSSR count). The van der Waals surface area contributed by atoms with Crippen molar-refractivity contribution in [3.63, 3.8) is 0 Å². The van der Waals surface area contributed by atoms with Crippen LogP contribution >= 0.6 is 0 Å². The standard InChI is InChI=1S/C13H14O4/c14-7-12(16)13(17)9-2-1-8-3-4-11(15)6-10(8)5-9/h1-6,12-17H,7H2. The van der Waals surface area contributed by atoms with E-state index in [1.165, 1.54) is 0 Å². The maximum absolute atomic E-state index is 9.75. The highest BCUT2D eigenvalue weighted by Crippen LogP contribution is 2.25. The third kappa shape index (κ3) is 2.39. The van der Waals surface area contributed by atoms with Crippen LogP contribution < -0.4 is 0 Å². The second kappa shape index (κ2) is 4.71. The van der Waals surface area contributed by atoms with Gasteiger partial charge in [0.25, 0.3) is 0 Å². The third-order valence-corrected chi connectivity index (χ3v) is 2.74. The maximum atomic E-state index is 9.75. The number of aromatic hydroxyl groups is 1. The molecule has 4 N–H and O–H groups in total. The van der Waals surface area contributed by atoms with E-state index >= 15 is 0 Å². The lowest BCUT2D eigenvalue weighted by atomic mass is 10.0. The van der Waals surface area contributed by atoms with Crippen LogP contribution in [0.5, 0.6) is 5.75 Å². The van der Waals surface area contributed by atoms with Crippen LogP contribution in [0.3, 0.4) is 0 Å². The van der Waals surface area contributed by atoms with Gasteiger partial charge in [0.15, 0.2) is 0 Å². The number of hydrogen-bond donors (Lipinski definition) is 4. The molecule has 4 heteroatoms. The smallest absolute Gasteiger partial charge is 0.116 e. The van der Waals surface area contributed by atoms with Crippen LogP contribution in [0.2, 0.25) is 0 Å². The van der Waals surface area contributed by atoms with Gasteiger partial charge in [-0.2, -0.15) is 0 Å². The molecule has 0 aliphatic rings. The monoisotopic (exact) mass is 234 g/mol. The van der Waals surface area contributed by atoms with Crippen LogP contribution in [0.15, 0.2) is 36.4 Å². The predicted molar refractivity (Wildman–Crippen MR) is 63.7 cm³/mol. The van der Waals surface area contributed by atoms with Crippen LogP contribution in [0.25, 0.3) is 10.8 Å². The number of hydrogen-bond acceptors (Lipinski definition) is 4. The molecule has 17 heavy (non-hydrogen) atoms. The van der Waals surface area contributed by atoms with Gasteiger partial charge in [-0.1, -0.05) is 18.2 Å². The van der Waals surface area contributed by atoms with Crippen molar-refractivity contribution in [3.8, 4) is 5.75 Å². The third-order valence-electron chi connectivity index (χ3n) is 2.74. The Morgan fingerprint density at radius 2 is 1.65 bits per heavy atom. The van der Waals surface area contributed by atoms with E-state index in [1.54, 1.807) is 36.4 Å². The van der Waals surface area contributed by atoms with Crippen LogP contribution in [-0.4, -0.2) is 33.1 Å². The molecule has 2 unspecified atom stereocenters. The molecule has 0 radical (unpaired) electrons. The van der Waals surface area contributed by atoms with E-state index in [-0.39, 0.29) is 5.75 Å². The van der Waals surface area contributed by atoms with Crippen molar-refractivity contribution in [2.24, 2.45) is 0 Å². The Kier molecular flexibility index (Phi) is 3.28. The first kappa shape index (κ1) is 11.9. The fourth-order valence-electron chi connectivity index (χ4n) is 1.76. The zero-order chi connectivity index (χ0) is 12.4. The molecule has 4 nitrogen and oxygen atoms in total. The molecular weight excluding hydrogens is 220 g/mol. The Balaban J connectivity index is 2.43. The van der Waals surface area contributed by atoms with Crippen LogP contribution in [0.4, 0.5) is 0 Å². The van der Waals surface area contributed by atoms with E-state index in [1.807, 2.05) is 0 Å². The molecule has 0 amide bonds. The summed E-state index contributed by atoms with van der Waals surface area (Å²) in [6, 6.07) is 10.1. The fourth-order valence-corrected chi connectivity index (χ4v) is 1.76. The SMILES string of the molecule is OCC(O)C(O)c1ccc2ccc(O)cc2c1. The molecular formula is C13H14O4. The Bertz CT molecular complexity index is 524. The average molecular weight is 234 g/mol. The van der Waals surface area contributed by atoms with E-state index in [0.717, 1.165) is 10.8 Å². The average Bonchev–Trinajstić information content (AvgIpc) is 2.36. The highest BCUT2D eigenvalue weighted by Gasteiger charge is 2.17. The Labute approximate surface area is 98.4 Å². The molecule has 0 aromatic heterocycles. The molecule has 90 valence electrons. The summed E-state index contributed by atoms with van der Waals surface area (Å²) in [7, 11) is 0. The molecule has 0 heterocycles. The minimum absolute atomic E-state index is 0.145. The molecule has 0 saturated carbocycles. The van der Waals surface area contributed by atoms with Gasteiger partial charge < -0.3 is 20.4 Å². The zero-order valence-electron chi connectivity index (χ0n) is 9.11. The number of aliphatic hydroxyl groups excluding tert-OH is 3. The van der Waals surface area contributed by atoms with Crippen molar-refractivity contribution in [2.75, 3.05) is 6.61 Å². The normalized spacial score (nSPS) is 14.8. The number of phenolic OH excluding ortho intramolecular Hbond substituents is 1. The zero-order valence-corrected chi connectivity index (χ0v) is 9.11. The van der Waals surface area contributed by atoms with Gasteiger partial charge in [0.05, 0.1) is 6.61 Å². The molecule has 2 aromatic rings. The van der Waals surface area contributed by atoms with Gasteiger partial charge in [0.1, 0.15) is 18.0 Å². The first-order valence-corrected chi connectivity index (χ1v) is 5.31. The van der Waals surface area contributed by atoms with Crippen LogP contribution in [0, 0.1) is 0 Å². The summed E-state index contributed by atoms with van der Waals surface area (Å²) in [5.41, 5.74) is 0.504. The van der Waals surface area contributed by atoms with Crippen molar-refractivity contribution < 1.29 is 20.4 Å². The van der Waals surface area contributed by atoms with Gasteiger partial charge in [0, 0.05) is 0 Å². The topological polar surface area (TPSA) is 80.9 Å². The van der Waals surface area contributed by atoms with Gasteiger partial charge in [-0.3, -0.25) is 0 Å². The van der Waals surface area contributed by atoms with Crippen molar-refractivity contribution in [1.29, 1.82) is 0 Å². The molecule has 0 fully saturated rings. The summed E-state index contributed by atoms with van der Waals surface area (Å²) < 4.78 is 0. The molecule has 0 aliphatic carbocycles. The molecule has 0 saturated heterocycles. The summed E-state index contributed by atoms with van der Waals surface area (Å²) >= 11 is 0. The van der Waals surface area contributed by atoms with E-state index in [2.05, 4.69) is 0 Å². The number of rotatable bonds is 3. The number of phenols is 1. The summed E-state index contributed by atoms with van der Waals surface area (Å²) in [6.45, 7) is -0.501. The Morgan fingerprint density at radius 3 is 2.35 bits per heavy atom. The summed E-state index contributed by atoms with van der Waals surface area (Å²) in [6.07, 6.45) is -2.34. The fraction of sp³-hybridized carbons (Fsp3) is 0.231. The van der Waals surface area contributed by atoms with Gasteiger partial charge in [-0.25, -0.2) is 0 Å². The summed E-state index contributed by atoms with van der Waals surface area (Å²) in [5, 5.41) is 38.9. The first-order chi connectivity index (χ1) is 8.11. The van der Waals surface area contributed by atoms with Crippen LogP contribution in [0.1, 0.15) is 11.7 Å². The number of aliphatic hydroxyl groups is 3. The highest BCUT2D eigenvalue weighted by molar-refractivity contribution is 5.84. The molecule has 2 aromatic carbocycles.